The Labute approximate surface area is 127 Å². The summed E-state index contributed by atoms with van der Waals surface area (Å²) >= 11 is 0. The molecule has 2 rings (SSSR count). The van der Waals surface area contributed by atoms with Gasteiger partial charge in [0.15, 0.2) is 0 Å². The van der Waals surface area contributed by atoms with E-state index in [0.29, 0.717) is 25.8 Å². The Hall–Kier alpha value is -0.360. The Morgan fingerprint density at radius 2 is 2.20 bits per heavy atom. The Bertz CT molecular complexity index is 298. The van der Waals surface area contributed by atoms with E-state index in [-0.39, 0.29) is 30.5 Å². The molecule has 6 heteroatoms. The summed E-state index contributed by atoms with van der Waals surface area (Å²) in [4.78, 5) is 14.2. The van der Waals surface area contributed by atoms with E-state index in [1.54, 1.807) is 0 Å². The highest BCUT2D eigenvalue weighted by Gasteiger charge is 2.29. The van der Waals surface area contributed by atoms with Crippen LogP contribution in [0.5, 0.6) is 0 Å². The van der Waals surface area contributed by atoms with Crippen molar-refractivity contribution in [3.63, 3.8) is 0 Å². The lowest BCUT2D eigenvalue weighted by molar-refractivity contribution is -0.143. The fourth-order valence-corrected chi connectivity index (χ4v) is 2.73. The molecule has 0 spiro atoms. The van der Waals surface area contributed by atoms with Gasteiger partial charge in [-0.05, 0) is 26.2 Å². The van der Waals surface area contributed by atoms with E-state index >= 15 is 0 Å². The molecule has 0 bridgehead atoms. The largest absolute Gasteiger partial charge is 0.377 e. The minimum atomic E-state index is 0. The average Bonchev–Trinajstić information content (AvgIpc) is 2.91. The lowest BCUT2D eigenvalue weighted by Gasteiger charge is -2.38. The number of morpholine rings is 1. The standard InChI is InChI=1S/C14H26N2O3.ClH/c1-3-12-10-19-11(2)9-16(12)14(17)8-15-7-13-5-4-6-18-13;/h11-13,15H,3-10H2,1-2H3;1H. The molecule has 3 unspecified atom stereocenters. The van der Waals surface area contributed by atoms with Crippen LogP contribution in [0.2, 0.25) is 0 Å². The molecule has 1 amide bonds. The van der Waals surface area contributed by atoms with Crippen LogP contribution in [0.15, 0.2) is 0 Å². The molecular formula is C14H27ClN2O3. The number of carbonyl (C=O) groups is 1. The zero-order chi connectivity index (χ0) is 13.7. The molecular weight excluding hydrogens is 280 g/mol. The second kappa shape index (κ2) is 8.82. The van der Waals surface area contributed by atoms with Gasteiger partial charge >= 0.3 is 0 Å². The number of nitrogens with zero attached hydrogens (tertiary/aromatic N) is 1. The van der Waals surface area contributed by atoms with E-state index in [0.717, 1.165) is 32.4 Å². The molecule has 2 aliphatic rings. The normalized spacial score (nSPS) is 30.1. The maximum atomic E-state index is 12.3. The van der Waals surface area contributed by atoms with E-state index < -0.39 is 0 Å². The molecule has 0 radical (unpaired) electrons. The predicted octanol–water partition coefficient (Wildman–Crippen LogP) is 1.20. The fraction of sp³-hybridized carbons (Fsp3) is 0.929. The summed E-state index contributed by atoms with van der Waals surface area (Å²) in [5.74, 6) is 0.181. The average molecular weight is 307 g/mol. The van der Waals surface area contributed by atoms with E-state index in [4.69, 9.17) is 9.47 Å². The first-order valence-electron chi connectivity index (χ1n) is 7.44. The third kappa shape index (κ3) is 4.88. The van der Waals surface area contributed by atoms with Gasteiger partial charge in [0.25, 0.3) is 0 Å². The fourth-order valence-electron chi connectivity index (χ4n) is 2.73. The van der Waals surface area contributed by atoms with E-state index in [9.17, 15) is 4.79 Å². The number of rotatable bonds is 5. The van der Waals surface area contributed by atoms with Gasteiger partial charge in [-0.3, -0.25) is 4.79 Å². The van der Waals surface area contributed by atoms with Gasteiger partial charge in [-0.25, -0.2) is 0 Å². The zero-order valence-corrected chi connectivity index (χ0v) is 13.3. The molecule has 2 aliphatic heterocycles. The number of hydrogen-bond donors (Lipinski definition) is 1. The molecule has 118 valence electrons. The van der Waals surface area contributed by atoms with Crippen molar-refractivity contribution in [1.29, 1.82) is 0 Å². The zero-order valence-electron chi connectivity index (χ0n) is 12.5. The van der Waals surface area contributed by atoms with Crippen molar-refractivity contribution in [3.05, 3.63) is 0 Å². The molecule has 0 aliphatic carbocycles. The van der Waals surface area contributed by atoms with Crippen LogP contribution >= 0.6 is 12.4 Å². The molecule has 2 fully saturated rings. The first-order chi connectivity index (χ1) is 9.20. The lowest BCUT2D eigenvalue weighted by atomic mass is 10.1. The van der Waals surface area contributed by atoms with E-state index in [1.165, 1.54) is 0 Å². The number of hydrogen-bond acceptors (Lipinski definition) is 4. The quantitative estimate of drug-likeness (QED) is 0.829. The van der Waals surface area contributed by atoms with Crippen LogP contribution in [0.4, 0.5) is 0 Å². The van der Waals surface area contributed by atoms with Crippen LogP contribution in [0.1, 0.15) is 33.1 Å². The Kier molecular flexibility index (Phi) is 7.80. The molecule has 2 heterocycles. The number of amides is 1. The highest BCUT2D eigenvalue weighted by molar-refractivity contribution is 5.85. The van der Waals surface area contributed by atoms with Gasteiger partial charge in [-0.2, -0.15) is 0 Å². The second-order valence-electron chi connectivity index (χ2n) is 5.52. The molecule has 0 aromatic carbocycles. The highest BCUT2D eigenvalue weighted by Crippen LogP contribution is 2.14. The number of nitrogens with one attached hydrogen (secondary N) is 1. The Balaban J connectivity index is 0.00000200. The van der Waals surface area contributed by atoms with Gasteiger partial charge in [0, 0.05) is 19.7 Å². The summed E-state index contributed by atoms with van der Waals surface area (Å²) in [5, 5.41) is 3.23. The van der Waals surface area contributed by atoms with Crippen LogP contribution in [-0.4, -0.2) is 61.9 Å². The van der Waals surface area contributed by atoms with Crippen LogP contribution in [0, 0.1) is 0 Å². The second-order valence-corrected chi connectivity index (χ2v) is 5.52. The van der Waals surface area contributed by atoms with Crippen LogP contribution in [0.25, 0.3) is 0 Å². The first-order valence-corrected chi connectivity index (χ1v) is 7.44. The SMILES string of the molecule is CCC1COC(C)CN1C(=O)CNCC1CCCO1.Cl. The summed E-state index contributed by atoms with van der Waals surface area (Å²) in [6, 6.07) is 0.230. The van der Waals surface area contributed by atoms with Gasteiger partial charge in [-0.15, -0.1) is 12.4 Å². The first kappa shape index (κ1) is 17.7. The monoisotopic (exact) mass is 306 g/mol. The topological polar surface area (TPSA) is 50.8 Å². The summed E-state index contributed by atoms with van der Waals surface area (Å²) < 4.78 is 11.1. The van der Waals surface area contributed by atoms with Crippen molar-refractivity contribution in [2.75, 3.05) is 32.8 Å². The highest BCUT2D eigenvalue weighted by atomic mass is 35.5. The molecule has 1 N–H and O–H groups in total. The van der Waals surface area contributed by atoms with Crippen molar-refractivity contribution in [2.24, 2.45) is 0 Å². The molecule has 5 nitrogen and oxygen atoms in total. The maximum absolute atomic E-state index is 12.3. The van der Waals surface area contributed by atoms with Crippen molar-refractivity contribution < 1.29 is 14.3 Å². The molecule has 2 saturated heterocycles. The van der Waals surface area contributed by atoms with Gasteiger partial charge < -0.3 is 19.7 Å². The van der Waals surface area contributed by atoms with Crippen molar-refractivity contribution >= 4 is 18.3 Å². The van der Waals surface area contributed by atoms with E-state index in [1.807, 2.05) is 11.8 Å². The smallest absolute Gasteiger partial charge is 0.236 e. The summed E-state index contributed by atoms with van der Waals surface area (Å²) in [7, 11) is 0. The van der Waals surface area contributed by atoms with Crippen LogP contribution in [-0.2, 0) is 14.3 Å². The summed E-state index contributed by atoms with van der Waals surface area (Å²) in [5.41, 5.74) is 0. The molecule has 0 aromatic rings. The lowest BCUT2D eigenvalue weighted by Crippen LogP contribution is -2.53. The molecule has 0 saturated carbocycles. The summed E-state index contributed by atoms with van der Waals surface area (Å²) in [6.45, 7) is 7.54. The predicted molar refractivity (Wildman–Crippen MR) is 80.3 cm³/mol. The number of carbonyl (C=O) groups excluding carboxylic acids is 1. The van der Waals surface area contributed by atoms with Gasteiger partial charge in [0.05, 0.1) is 31.4 Å². The van der Waals surface area contributed by atoms with Crippen molar-refractivity contribution in [3.8, 4) is 0 Å². The minimum absolute atomic E-state index is 0. The molecule has 0 aromatic heterocycles. The van der Waals surface area contributed by atoms with E-state index in [2.05, 4.69) is 12.2 Å². The van der Waals surface area contributed by atoms with Crippen LogP contribution < -0.4 is 5.32 Å². The van der Waals surface area contributed by atoms with Crippen molar-refractivity contribution in [2.45, 2.75) is 51.4 Å². The maximum Gasteiger partial charge on any atom is 0.236 e. The van der Waals surface area contributed by atoms with Gasteiger partial charge in [0.1, 0.15) is 0 Å². The van der Waals surface area contributed by atoms with Gasteiger partial charge in [0.2, 0.25) is 5.91 Å². The number of ether oxygens (including phenoxy) is 2. The van der Waals surface area contributed by atoms with Gasteiger partial charge in [-0.1, -0.05) is 6.92 Å². The third-order valence-electron chi connectivity index (χ3n) is 3.93. The summed E-state index contributed by atoms with van der Waals surface area (Å²) in [6.07, 6.45) is 3.62. The minimum Gasteiger partial charge on any atom is -0.377 e. The Morgan fingerprint density at radius 3 is 2.85 bits per heavy atom. The van der Waals surface area contributed by atoms with Crippen molar-refractivity contribution in [1.82, 2.24) is 10.2 Å². The molecule has 3 atom stereocenters. The van der Waals surface area contributed by atoms with Crippen LogP contribution in [0.3, 0.4) is 0 Å². The molecule has 20 heavy (non-hydrogen) atoms. The Morgan fingerprint density at radius 1 is 1.40 bits per heavy atom. The number of halogens is 1. The third-order valence-corrected chi connectivity index (χ3v) is 3.93.